The van der Waals surface area contributed by atoms with Gasteiger partial charge in [0.25, 0.3) is 0 Å². The van der Waals surface area contributed by atoms with Gasteiger partial charge < -0.3 is 10.2 Å². The van der Waals surface area contributed by atoms with Crippen LogP contribution in [0.1, 0.15) is 37.8 Å². The van der Waals surface area contributed by atoms with Crippen molar-refractivity contribution in [1.82, 2.24) is 10.2 Å². The molecule has 2 aromatic rings. The maximum Gasteiger partial charge on any atom is 0.242 e. The molecule has 0 aliphatic carbocycles. The third-order valence-electron chi connectivity index (χ3n) is 4.65. The Hall–Kier alpha value is -2.05. The molecule has 0 aromatic heterocycles. The van der Waals surface area contributed by atoms with Gasteiger partial charge in [-0.15, -0.1) is 11.8 Å². The van der Waals surface area contributed by atoms with E-state index in [2.05, 4.69) is 12.2 Å². The predicted molar refractivity (Wildman–Crippen MR) is 122 cm³/mol. The number of benzene rings is 2. The molecule has 0 aliphatic heterocycles. The number of halogens is 2. The lowest BCUT2D eigenvalue weighted by Gasteiger charge is -2.28. The Morgan fingerprint density at radius 1 is 1.17 bits per heavy atom. The number of hydrogen-bond donors (Lipinski definition) is 1. The fraction of sp³-hybridized carbons (Fsp3) is 0.391. The highest BCUT2D eigenvalue weighted by atomic mass is 35.5. The van der Waals surface area contributed by atoms with Crippen molar-refractivity contribution < 1.29 is 14.0 Å². The third-order valence-corrected chi connectivity index (χ3v) is 5.87. The smallest absolute Gasteiger partial charge is 0.242 e. The molecule has 7 heteroatoms. The summed E-state index contributed by atoms with van der Waals surface area (Å²) in [5.41, 5.74) is 1.81. The van der Waals surface area contributed by atoms with E-state index >= 15 is 0 Å². The summed E-state index contributed by atoms with van der Waals surface area (Å²) in [7, 11) is 0. The Kier molecular flexibility index (Phi) is 10.2. The molecule has 4 nitrogen and oxygen atoms in total. The number of unbranched alkanes of at least 4 members (excludes halogenated alkanes) is 1. The first kappa shape index (κ1) is 24.2. The molecule has 1 atom stereocenters. The molecule has 0 bridgehead atoms. The summed E-state index contributed by atoms with van der Waals surface area (Å²) in [6, 6.07) is 12.9. The van der Waals surface area contributed by atoms with Crippen molar-refractivity contribution in [3.8, 4) is 0 Å². The van der Waals surface area contributed by atoms with Crippen molar-refractivity contribution in [2.75, 3.05) is 12.3 Å². The molecule has 0 saturated carbocycles. The number of amides is 2. The number of thioether (sulfide) groups is 1. The van der Waals surface area contributed by atoms with Crippen LogP contribution in [-0.4, -0.2) is 35.1 Å². The summed E-state index contributed by atoms with van der Waals surface area (Å²) >= 11 is 7.48. The van der Waals surface area contributed by atoms with E-state index in [1.807, 2.05) is 24.3 Å². The van der Waals surface area contributed by atoms with E-state index in [0.29, 0.717) is 17.3 Å². The summed E-state index contributed by atoms with van der Waals surface area (Å²) in [5.74, 6) is 0.232. The second-order valence-electron chi connectivity index (χ2n) is 7.09. The molecule has 0 aliphatic rings. The second-order valence-corrected chi connectivity index (χ2v) is 8.51. The Bertz CT molecular complexity index is 832. The first-order valence-electron chi connectivity index (χ1n) is 10.0. The molecule has 0 spiro atoms. The highest BCUT2D eigenvalue weighted by Gasteiger charge is 2.25. The molecular formula is C23H28ClFN2O2S. The van der Waals surface area contributed by atoms with E-state index < -0.39 is 6.04 Å². The van der Waals surface area contributed by atoms with Gasteiger partial charge in [0.15, 0.2) is 0 Å². The number of rotatable bonds is 11. The van der Waals surface area contributed by atoms with E-state index in [4.69, 9.17) is 11.6 Å². The van der Waals surface area contributed by atoms with E-state index in [0.717, 1.165) is 24.0 Å². The lowest BCUT2D eigenvalue weighted by atomic mass is 10.1. The maximum atomic E-state index is 13.2. The molecule has 2 aromatic carbocycles. The Morgan fingerprint density at radius 2 is 1.90 bits per heavy atom. The van der Waals surface area contributed by atoms with Crippen LogP contribution in [0.2, 0.25) is 5.02 Å². The highest BCUT2D eigenvalue weighted by molar-refractivity contribution is 7.99. The minimum absolute atomic E-state index is 0.135. The summed E-state index contributed by atoms with van der Waals surface area (Å²) < 4.78 is 13.2. The highest BCUT2D eigenvalue weighted by Crippen LogP contribution is 2.18. The first-order valence-corrected chi connectivity index (χ1v) is 11.6. The molecule has 0 unspecified atom stereocenters. The summed E-state index contributed by atoms with van der Waals surface area (Å²) in [6.45, 7) is 4.61. The molecule has 0 saturated heterocycles. The lowest BCUT2D eigenvalue weighted by Crippen LogP contribution is -2.48. The van der Waals surface area contributed by atoms with Crippen LogP contribution in [0.25, 0.3) is 0 Å². The summed E-state index contributed by atoms with van der Waals surface area (Å²) in [5, 5.41) is 3.55. The Morgan fingerprint density at radius 3 is 2.57 bits per heavy atom. The fourth-order valence-electron chi connectivity index (χ4n) is 2.87. The zero-order valence-corrected chi connectivity index (χ0v) is 18.9. The van der Waals surface area contributed by atoms with Crippen LogP contribution in [0, 0.1) is 5.82 Å². The van der Waals surface area contributed by atoms with Crippen molar-refractivity contribution in [3.63, 3.8) is 0 Å². The number of hydrogen-bond acceptors (Lipinski definition) is 3. The zero-order chi connectivity index (χ0) is 21.9. The Balaban J connectivity index is 2.03. The van der Waals surface area contributed by atoms with Gasteiger partial charge in [0, 0.05) is 23.9 Å². The molecular weight excluding hydrogens is 423 g/mol. The average Bonchev–Trinajstić information content (AvgIpc) is 2.73. The molecule has 0 fully saturated rings. The molecule has 0 heterocycles. The summed E-state index contributed by atoms with van der Waals surface area (Å²) in [6.07, 6.45) is 1.87. The van der Waals surface area contributed by atoms with Gasteiger partial charge in [-0.3, -0.25) is 9.59 Å². The van der Waals surface area contributed by atoms with Gasteiger partial charge in [-0.05, 0) is 48.7 Å². The molecule has 30 heavy (non-hydrogen) atoms. The predicted octanol–water partition coefficient (Wildman–Crippen LogP) is 5.05. The van der Waals surface area contributed by atoms with Crippen LogP contribution in [-0.2, 0) is 21.9 Å². The maximum absolute atomic E-state index is 13.2. The molecule has 2 amide bonds. The number of carbonyl (C=O) groups is 2. The molecule has 0 radical (unpaired) electrons. The van der Waals surface area contributed by atoms with Crippen molar-refractivity contribution in [2.24, 2.45) is 0 Å². The average molecular weight is 451 g/mol. The van der Waals surface area contributed by atoms with Gasteiger partial charge in [0.2, 0.25) is 11.8 Å². The van der Waals surface area contributed by atoms with E-state index in [9.17, 15) is 14.0 Å². The van der Waals surface area contributed by atoms with Gasteiger partial charge in [-0.1, -0.05) is 49.2 Å². The summed E-state index contributed by atoms with van der Waals surface area (Å²) in [4.78, 5) is 27.1. The van der Waals surface area contributed by atoms with E-state index in [1.54, 1.807) is 24.0 Å². The van der Waals surface area contributed by atoms with Crippen LogP contribution in [0.5, 0.6) is 0 Å². The minimum atomic E-state index is -0.619. The van der Waals surface area contributed by atoms with Gasteiger partial charge in [0.05, 0.1) is 5.75 Å². The quantitative estimate of drug-likeness (QED) is 0.487. The van der Waals surface area contributed by atoms with Crippen molar-refractivity contribution in [1.29, 1.82) is 0 Å². The van der Waals surface area contributed by atoms with Crippen molar-refractivity contribution >= 4 is 35.2 Å². The van der Waals surface area contributed by atoms with Gasteiger partial charge >= 0.3 is 0 Å². The van der Waals surface area contributed by atoms with Crippen LogP contribution < -0.4 is 5.32 Å². The van der Waals surface area contributed by atoms with Gasteiger partial charge in [0.1, 0.15) is 11.9 Å². The zero-order valence-electron chi connectivity index (χ0n) is 17.4. The normalized spacial score (nSPS) is 11.7. The molecule has 162 valence electrons. The SMILES string of the molecule is CCCCNC(=O)[C@H](C)N(Cc1ccc(F)cc1)C(=O)CSCc1cccc(Cl)c1. The van der Waals surface area contributed by atoms with Crippen molar-refractivity contribution in [2.45, 2.75) is 45.0 Å². The topological polar surface area (TPSA) is 49.4 Å². The van der Waals surface area contributed by atoms with Crippen LogP contribution in [0.15, 0.2) is 48.5 Å². The van der Waals surface area contributed by atoms with Gasteiger partial charge in [-0.25, -0.2) is 4.39 Å². The fourth-order valence-corrected chi connectivity index (χ4v) is 3.94. The lowest BCUT2D eigenvalue weighted by molar-refractivity contribution is -0.138. The van der Waals surface area contributed by atoms with E-state index in [1.165, 1.54) is 23.9 Å². The monoisotopic (exact) mass is 450 g/mol. The largest absolute Gasteiger partial charge is 0.354 e. The van der Waals surface area contributed by atoms with Crippen LogP contribution in [0.4, 0.5) is 4.39 Å². The van der Waals surface area contributed by atoms with Gasteiger partial charge in [-0.2, -0.15) is 0 Å². The first-order chi connectivity index (χ1) is 14.4. The number of nitrogens with one attached hydrogen (secondary N) is 1. The van der Waals surface area contributed by atoms with Crippen LogP contribution >= 0.6 is 23.4 Å². The standard InChI is InChI=1S/C23H28ClFN2O2S/c1-3-4-12-26-23(29)17(2)27(14-18-8-10-21(25)11-9-18)22(28)16-30-15-19-6-5-7-20(24)13-19/h5-11,13,17H,3-4,12,14-16H2,1-2H3,(H,26,29)/t17-/m0/s1. The van der Waals surface area contributed by atoms with Crippen LogP contribution in [0.3, 0.4) is 0 Å². The third kappa shape index (κ3) is 8.00. The number of nitrogens with zero attached hydrogens (tertiary/aromatic N) is 1. The molecule has 2 rings (SSSR count). The van der Waals surface area contributed by atoms with Crippen molar-refractivity contribution in [3.05, 3.63) is 70.5 Å². The van der Waals surface area contributed by atoms with E-state index in [-0.39, 0.29) is 29.9 Å². The second kappa shape index (κ2) is 12.6. The minimum Gasteiger partial charge on any atom is -0.354 e. The molecule has 1 N–H and O–H groups in total. The Labute approximate surface area is 187 Å². The number of carbonyl (C=O) groups excluding carboxylic acids is 2.